The molecule has 0 bridgehead atoms. The van der Waals surface area contributed by atoms with Gasteiger partial charge in [0.05, 0.1) is 0 Å². The minimum atomic E-state index is -0.971. The van der Waals surface area contributed by atoms with Gasteiger partial charge in [-0.3, -0.25) is 4.79 Å². The lowest BCUT2D eigenvalue weighted by Gasteiger charge is -2.14. The number of aromatic hydroxyl groups is 1. The second-order valence-corrected chi connectivity index (χ2v) is 6.39. The number of aryl methyl sites for hydroxylation is 3. The van der Waals surface area contributed by atoms with Gasteiger partial charge >= 0.3 is 5.97 Å². The number of amides is 1. The highest BCUT2D eigenvalue weighted by Crippen LogP contribution is 2.25. The maximum atomic E-state index is 12.3. The highest BCUT2D eigenvalue weighted by atomic mass is 16.5. The molecule has 0 heterocycles. The van der Waals surface area contributed by atoms with Crippen molar-refractivity contribution in [1.82, 2.24) is 0 Å². The Kier molecular flexibility index (Phi) is 4.74. The molecule has 5 nitrogen and oxygen atoms in total. The fourth-order valence-corrected chi connectivity index (χ4v) is 2.99. The van der Waals surface area contributed by atoms with Crippen molar-refractivity contribution >= 4 is 17.6 Å². The average Bonchev–Trinajstić information content (AvgIpc) is 3.02. The second-order valence-electron chi connectivity index (χ2n) is 6.39. The van der Waals surface area contributed by atoms with Crippen LogP contribution in [0.5, 0.6) is 5.75 Å². The minimum Gasteiger partial charge on any atom is -0.507 e. The number of phenols is 1. The third kappa shape index (κ3) is 3.82. The van der Waals surface area contributed by atoms with Crippen LogP contribution in [-0.4, -0.2) is 23.1 Å². The van der Waals surface area contributed by atoms with Gasteiger partial charge in [0.15, 0.2) is 6.10 Å². The van der Waals surface area contributed by atoms with Gasteiger partial charge in [0.2, 0.25) is 0 Å². The number of benzene rings is 2. The van der Waals surface area contributed by atoms with E-state index in [1.165, 1.54) is 30.2 Å². The average molecular weight is 339 g/mol. The van der Waals surface area contributed by atoms with Crippen molar-refractivity contribution in [3.8, 4) is 5.75 Å². The van der Waals surface area contributed by atoms with Crippen LogP contribution in [-0.2, 0) is 22.4 Å². The second kappa shape index (κ2) is 6.97. The van der Waals surface area contributed by atoms with Gasteiger partial charge in [-0.1, -0.05) is 12.1 Å². The van der Waals surface area contributed by atoms with Crippen LogP contribution in [0.4, 0.5) is 5.69 Å². The van der Waals surface area contributed by atoms with Crippen LogP contribution < -0.4 is 5.32 Å². The fraction of sp³-hybridized carbons (Fsp3) is 0.300. The van der Waals surface area contributed by atoms with Crippen LogP contribution >= 0.6 is 0 Å². The molecule has 2 aromatic carbocycles. The number of phenolic OH excluding ortho intramolecular Hbond substituents is 1. The molecule has 0 aliphatic heterocycles. The summed E-state index contributed by atoms with van der Waals surface area (Å²) in [5.74, 6) is -1.29. The Bertz CT molecular complexity index is 828. The molecule has 25 heavy (non-hydrogen) atoms. The van der Waals surface area contributed by atoms with Gasteiger partial charge in [-0.05, 0) is 74.1 Å². The molecule has 0 saturated heterocycles. The van der Waals surface area contributed by atoms with Crippen LogP contribution in [0.15, 0.2) is 36.4 Å². The first-order valence-corrected chi connectivity index (χ1v) is 8.37. The lowest BCUT2D eigenvalue weighted by molar-refractivity contribution is -0.123. The van der Waals surface area contributed by atoms with Gasteiger partial charge < -0.3 is 15.2 Å². The Morgan fingerprint density at radius 1 is 1.12 bits per heavy atom. The van der Waals surface area contributed by atoms with Gasteiger partial charge in [0.1, 0.15) is 11.3 Å². The number of carbonyl (C=O) groups is 2. The van der Waals surface area contributed by atoms with Crippen LogP contribution in [0, 0.1) is 6.92 Å². The summed E-state index contributed by atoms with van der Waals surface area (Å²) < 4.78 is 5.17. The first-order valence-electron chi connectivity index (χ1n) is 8.37. The molecule has 0 aromatic heterocycles. The molecule has 1 aliphatic carbocycles. The predicted molar refractivity (Wildman–Crippen MR) is 94.8 cm³/mol. The number of hydrogen-bond donors (Lipinski definition) is 2. The number of anilines is 1. The van der Waals surface area contributed by atoms with E-state index in [9.17, 15) is 14.7 Å². The molecule has 3 rings (SSSR count). The van der Waals surface area contributed by atoms with Gasteiger partial charge in [0.25, 0.3) is 5.91 Å². The molecule has 1 amide bonds. The number of ether oxygens (including phenoxy) is 1. The van der Waals surface area contributed by atoms with E-state index in [-0.39, 0.29) is 11.3 Å². The van der Waals surface area contributed by atoms with Crippen molar-refractivity contribution in [3.05, 3.63) is 58.7 Å². The summed E-state index contributed by atoms with van der Waals surface area (Å²) in [6.45, 7) is 3.31. The third-order valence-electron chi connectivity index (χ3n) is 4.39. The van der Waals surface area contributed by atoms with E-state index in [0.29, 0.717) is 5.69 Å². The maximum Gasteiger partial charge on any atom is 0.342 e. The van der Waals surface area contributed by atoms with Crippen LogP contribution in [0.2, 0.25) is 0 Å². The Hall–Kier alpha value is -2.82. The van der Waals surface area contributed by atoms with E-state index in [0.717, 1.165) is 24.8 Å². The molecule has 1 atom stereocenters. The van der Waals surface area contributed by atoms with E-state index in [1.807, 2.05) is 25.1 Å². The monoisotopic (exact) mass is 339 g/mol. The van der Waals surface area contributed by atoms with Crippen molar-refractivity contribution in [1.29, 1.82) is 0 Å². The van der Waals surface area contributed by atoms with E-state index >= 15 is 0 Å². The van der Waals surface area contributed by atoms with Crippen molar-refractivity contribution in [3.63, 3.8) is 0 Å². The van der Waals surface area contributed by atoms with Gasteiger partial charge in [0, 0.05) is 5.69 Å². The van der Waals surface area contributed by atoms with E-state index < -0.39 is 18.0 Å². The zero-order valence-electron chi connectivity index (χ0n) is 14.3. The van der Waals surface area contributed by atoms with Gasteiger partial charge in [-0.15, -0.1) is 0 Å². The quantitative estimate of drug-likeness (QED) is 0.838. The molecule has 0 radical (unpaired) electrons. The standard InChI is InChI=1S/C20H21NO4/c1-12-6-9-17(18(22)10-12)20(24)25-13(2)19(23)21-16-8-7-14-4-3-5-15(14)11-16/h6-11,13,22H,3-5H2,1-2H3,(H,21,23)/t13-/m0/s1. The zero-order valence-corrected chi connectivity index (χ0v) is 14.3. The van der Waals surface area contributed by atoms with Gasteiger partial charge in [-0.2, -0.15) is 0 Å². The zero-order chi connectivity index (χ0) is 18.0. The smallest absolute Gasteiger partial charge is 0.342 e. The summed E-state index contributed by atoms with van der Waals surface area (Å²) in [5, 5.41) is 12.6. The fourth-order valence-electron chi connectivity index (χ4n) is 2.99. The summed E-state index contributed by atoms with van der Waals surface area (Å²) in [4.78, 5) is 24.4. The third-order valence-corrected chi connectivity index (χ3v) is 4.39. The SMILES string of the molecule is Cc1ccc(C(=O)O[C@@H](C)C(=O)Nc2ccc3c(c2)CCC3)c(O)c1. The summed E-state index contributed by atoms with van der Waals surface area (Å²) in [6.07, 6.45) is 2.27. The number of fused-ring (bicyclic) bond motifs is 1. The lowest BCUT2D eigenvalue weighted by Crippen LogP contribution is -2.30. The van der Waals surface area contributed by atoms with Crippen LogP contribution in [0.3, 0.4) is 0 Å². The highest BCUT2D eigenvalue weighted by molar-refractivity contribution is 5.98. The van der Waals surface area contributed by atoms with Crippen LogP contribution in [0.25, 0.3) is 0 Å². The Morgan fingerprint density at radius 3 is 2.64 bits per heavy atom. The summed E-state index contributed by atoms with van der Waals surface area (Å²) in [6, 6.07) is 10.5. The molecule has 0 spiro atoms. The molecule has 0 saturated carbocycles. The van der Waals surface area contributed by atoms with Crippen LogP contribution in [0.1, 0.15) is 40.4 Å². The topological polar surface area (TPSA) is 75.6 Å². The molecule has 130 valence electrons. The van der Waals surface area contributed by atoms with Crippen molar-refractivity contribution < 1.29 is 19.4 Å². The first-order chi connectivity index (χ1) is 11.9. The lowest BCUT2D eigenvalue weighted by atomic mass is 10.1. The van der Waals surface area contributed by atoms with Crippen molar-refractivity contribution in [2.24, 2.45) is 0 Å². The van der Waals surface area contributed by atoms with Crippen molar-refractivity contribution in [2.45, 2.75) is 39.2 Å². The van der Waals surface area contributed by atoms with E-state index in [2.05, 4.69) is 5.32 Å². The summed E-state index contributed by atoms with van der Waals surface area (Å²) in [7, 11) is 0. The predicted octanol–water partition coefficient (Wildman–Crippen LogP) is 3.37. The molecular weight excluding hydrogens is 318 g/mol. The normalized spacial score (nSPS) is 13.8. The number of esters is 1. The molecule has 0 unspecified atom stereocenters. The number of hydrogen-bond acceptors (Lipinski definition) is 4. The summed E-state index contributed by atoms with van der Waals surface area (Å²) in [5.41, 5.74) is 4.16. The molecule has 0 fully saturated rings. The van der Waals surface area contributed by atoms with E-state index in [1.54, 1.807) is 6.07 Å². The Balaban J connectivity index is 1.63. The van der Waals surface area contributed by atoms with Crippen molar-refractivity contribution in [2.75, 3.05) is 5.32 Å². The summed E-state index contributed by atoms with van der Waals surface area (Å²) >= 11 is 0. The molecule has 1 aliphatic rings. The Morgan fingerprint density at radius 2 is 1.88 bits per heavy atom. The first kappa shape index (κ1) is 17.0. The largest absolute Gasteiger partial charge is 0.507 e. The van der Waals surface area contributed by atoms with E-state index in [4.69, 9.17) is 4.74 Å². The number of nitrogens with one attached hydrogen (secondary N) is 1. The maximum absolute atomic E-state index is 12.3. The number of rotatable bonds is 4. The molecular formula is C20H21NO4. The van der Waals surface area contributed by atoms with Gasteiger partial charge in [-0.25, -0.2) is 4.79 Å². The minimum absolute atomic E-state index is 0.0442. The molecule has 2 aromatic rings. The molecule has 2 N–H and O–H groups in total. The Labute approximate surface area is 146 Å². The number of carbonyl (C=O) groups excluding carboxylic acids is 2. The highest BCUT2D eigenvalue weighted by Gasteiger charge is 2.21. The molecule has 5 heteroatoms.